The van der Waals surface area contributed by atoms with Crippen LogP contribution in [0.25, 0.3) is 0 Å². The Morgan fingerprint density at radius 3 is 2.65 bits per heavy atom. The van der Waals surface area contributed by atoms with Gasteiger partial charge in [0.15, 0.2) is 0 Å². The van der Waals surface area contributed by atoms with Gasteiger partial charge in [-0.1, -0.05) is 38.9 Å². The van der Waals surface area contributed by atoms with E-state index in [9.17, 15) is 0 Å². The van der Waals surface area contributed by atoms with E-state index in [2.05, 4.69) is 41.8 Å². The molecule has 0 aliphatic heterocycles. The van der Waals surface area contributed by atoms with Crippen molar-refractivity contribution in [1.29, 1.82) is 0 Å². The molecule has 0 bridgehead atoms. The summed E-state index contributed by atoms with van der Waals surface area (Å²) in [5.41, 5.74) is 5.59. The highest BCUT2D eigenvalue weighted by molar-refractivity contribution is 7.10. The number of nitrogens with zero attached hydrogens (tertiary/aromatic N) is 1. The van der Waals surface area contributed by atoms with Crippen molar-refractivity contribution >= 4 is 17.2 Å². The first-order valence-electron chi connectivity index (χ1n) is 7.02. The van der Waals surface area contributed by atoms with E-state index in [1.807, 2.05) is 13.8 Å². The second-order valence-corrected chi connectivity index (χ2v) is 7.46. The van der Waals surface area contributed by atoms with E-state index in [0.29, 0.717) is 5.84 Å². The van der Waals surface area contributed by atoms with Crippen LogP contribution in [0, 0.1) is 5.41 Å². The van der Waals surface area contributed by atoms with E-state index in [1.54, 1.807) is 11.3 Å². The van der Waals surface area contributed by atoms with E-state index in [1.165, 1.54) is 4.88 Å². The number of rotatable bonds is 8. The molecule has 5 heteroatoms. The van der Waals surface area contributed by atoms with Crippen LogP contribution in [-0.4, -0.2) is 24.1 Å². The lowest BCUT2D eigenvalue weighted by Gasteiger charge is -2.25. The smallest absolute Gasteiger partial charge is 0.144 e. The first-order chi connectivity index (χ1) is 9.29. The molecule has 0 spiro atoms. The quantitative estimate of drug-likeness (QED) is 0.227. The molecule has 0 amide bonds. The minimum atomic E-state index is -0.250. The summed E-state index contributed by atoms with van der Waals surface area (Å²) in [6.07, 6.45) is 1.90. The summed E-state index contributed by atoms with van der Waals surface area (Å²) in [5.74, 6) is 0.302. The molecule has 0 saturated carbocycles. The van der Waals surface area contributed by atoms with Gasteiger partial charge in [0.25, 0.3) is 0 Å². The van der Waals surface area contributed by atoms with Crippen LogP contribution in [0.3, 0.4) is 0 Å². The highest BCUT2D eigenvalue weighted by Crippen LogP contribution is 2.26. The van der Waals surface area contributed by atoms with Crippen molar-refractivity contribution in [2.75, 3.05) is 13.1 Å². The molecule has 1 aromatic heterocycles. The van der Waals surface area contributed by atoms with Crippen molar-refractivity contribution in [3.63, 3.8) is 0 Å². The molecule has 0 aliphatic rings. The molecule has 1 aromatic rings. The largest absolute Gasteiger partial charge is 0.409 e. The number of hydrogen-bond acceptors (Lipinski definition) is 4. The van der Waals surface area contributed by atoms with E-state index < -0.39 is 0 Å². The Morgan fingerprint density at radius 2 is 2.10 bits per heavy atom. The predicted molar refractivity (Wildman–Crippen MR) is 86.6 cm³/mol. The second-order valence-electron chi connectivity index (χ2n) is 6.51. The molecule has 4 N–H and O–H groups in total. The summed E-state index contributed by atoms with van der Waals surface area (Å²) in [5, 5.41) is 17.5. The highest BCUT2D eigenvalue weighted by atomic mass is 32.1. The molecular weight excluding hydrogens is 270 g/mol. The van der Waals surface area contributed by atoms with Gasteiger partial charge in [0.05, 0.1) is 0 Å². The van der Waals surface area contributed by atoms with Gasteiger partial charge in [0.1, 0.15) is 5.84 Å². The van der Waals surface area contributed by atoms with Crippen LogP contribution < -0.4 is 11.1 Å². The fourth-order valence-electron chi connectivity index (χ4n) is 2.07. The molecule has 0 aliphatic carbocycles. The molecule has 1 rings (SSSR count). The van der Waals surface area contributed by atoms with Gasteiger partial charge >= 0.3 is 0 Å². The van der Waals surface area contributed by atoms with Crippen molar-refractivity contribution in [3.05, 3.63) is 22.4 Å². The molecule has 1 heterocycles. The SMILES string of the molecule is CC(C)(CCCNCC(C)(C)c1cccs1)/C(N)=N/O. The highest BCUT2D eigenvalue weighted by Gasteiger charge is 2.24. The van der Waals surface area contributed by atoms with Gasteiger partial charge in [-0.2, -0.15) is 0 Å². The first-order valence-corrected chi connectivity index (χ1v) is 7.90. The minimum Gasteiger partial charge on any atom is -0.409 e. The van der Waals surface area contributed by atoms with Gasteiger partial charge in [-0.3, -0.25) is 0 Å². The average molecular weight is 297 g/mol. The van der Waals surface area contributed by atoms with Crippen molar-refractivity contribution < 1.29 is 5.21 Å². The maximum atomic E-state index is 8.73. The van der Waals surface area contributed by atoms with Crippen molar-refractivity contribution in [2.24, 2.45) is 16.3 Å². The van der Waals surface area contributed by atoms with Crippen LogP contribution in [0.2, 0.25) is 0 Å². The van der Waals surface area contributed by atoms with Crippen molar-refractivity contribution in [2.45, 2.75) is 46.0 Å². The fourth-order valence-corrected chi connectivity index (χ4v) is 2.92. The molecule has 0 atom stereocenters. The molecule has 0 saturated heterocycles. The van der Waals surface area contributed by atoms with Crippen LogP contribution in [0.15, 0.2) is 22.7 Å². The molecule has 0 radical (unpaired) electrons. The minimum absolute atomic E-state index is 0.162. The lowest BCUT2D eigenvalue weighted by molar-refractivity contribution is 0.304. The third-order valence-corrected chi connectivity index (χ3v) is 4.95. The molecule has 0 fully saturated rings. The third-order valence-electron chi connectivity index (χ3n) is 3.71. The normalized spacial score (nSPS) is 13.7. The first kappa shape index (κ1) is 17.0. The lowest BCUT2D eigenvalue weighted by atomic mass is 9.86. The zero-order valence-electron chi connectivity index (χ0n) is 12.9. The van der Waals surface area contributed by atoms with E-state index in [4.69, 9.17) is 10.9 Å². The third kappa shape index (κ3) is 4.80. The molecule has 114 valence electrons. The van der Waals surface area contributed by atoms with E-state index in [-0.39, 0.29) is 10.8 Å². The zero-order chi connectivity index (χ0) is 15.2. The molecule has 0 unspecified atom stereocenters. The number of oxime groups is 1. The van der Waals surface area contributed by atoms with Crippen molar-refractivity contribution in [1.82, 2.24) is 5.32 Å². The Bertz CT molecular complexity index is 424. The maximum Gasteiger partial charge on any atom is 0.144 e. The molecule has 20 heavy (non-hydrogen) atoms. The van der Waals surface area contributed by atoms with Crippen LogP contribution in [0.1, 0.15) is 45.4 Å². The molecule has 0 aromatic carbocycles. The van der Waals surface area contributed by atoms with Gasteiger partial charge in [0.2, 0.25) is 0 Å². The van der Waals surface area contributed by atoms with Crippen LogP contribution in [0.4, 0.5) is 0 Å². The van der Waals surface area contributed by atoms with Crippen LogP contribution in [0.5, 0.6) is 0 Å². The van der Waals surface area contributed by atoms with Gasteiger partial charge in [0, 0.05) is 22.3 Å². The Kier molecular flexibility index (Phi) is 6.02. The van der Waals surface area contributed by atoms with E-state index in [0.717, 1.165) is 25.9 Å². The van der Waals surface area contributed by atoms with Crippen LogP contribution in [-0.2, 0) is 5.41 Å². The van der Waals surface area contributed by atoms with E-state index >= 15 is 0 Å². The zero-order valence-corrected chi connectivity index (χ0v) is 13.8. The summed E-state index contributed by atoms with van der Waals surface area (Å²) < 4.78 is 0. The Balaban J connectivity index is 2.29. The Hall–Kier alpha value is -1.07. The Labute approximate surface area is 126 Å². The second kappa shape index (κ2) is 7.09. The predicted octanol–water partition coefficient (Wildman–Crippen LogP) is 3.17. The van der Waals surface area contributed by atoms with Crippen LogP contribution >= 0.6 is 11.3 Å². The summed E-state index contributed by atoms with van der Waals surface area (Å²) >= 11 is 1.80. The number of nitrogens with two attached hydrogens (primary N) is 1. The number of nitrogens with one attached hydrogen (secondary N) is 1. The molecular formula is C15H27N3OS. The summed E-state index contributed by atoms with van der Waals surface area (Å²) in [6, 6.07) is 4.29. The average Bonchev–Trinajstić information content (AvgIpc) is 2.91. The van der Waals surface area contributed by atoms with Gasteiger partial charge in [-0.25, -0.2) is 0 Å². The summed E-state index contributed by atoms with van der Waals surface area (Å²) in [4.78, 5) is 1.40. The fraction of sp³-hybridized carbons (Fsp3) is 0.667. The maximum absolute atomic E-state index is 8.73. The standard InChI is InChI=1S/C15H27N3OS/c1-14(2,13(16)18-19)8-6-9-17-11-15(3,4)12-7-5-10-20-12/h5,7,10,17,19H,6,8-9,11H2,1-4H3,(H2,16,18). The van der Waals surface area contributed by atoms with Crippen molar-refractivity contribution in [3.8, 4) is 0 Å². The number of hydrogen-bond donors (Lipinski definition) is 3. The molecule has 4 nitrogen and oxygen atoms in total. The Morgan fingerprint density at radius 1 is 1.40 bits per heavy atom. The topological polar surface area (TPSA) is 70.6 Å². The lowest BCUT2D eigenvalue weighted by Crippen LogP contribution is -2.35. The summed E-state index contributed by atoms with van der Waals surface area (Å²) in [7, 11) is 0. The van der Waals surface area contributed by atoms with Gasteiger partial charge < -0.3 is 16.3 Å². The number of amidine groups is 1. The van der Waals surface area contributed by atoms with Gasteiger partial charge in [-0.05, 0) is 30.8 Å². The van der Waals surface area contributed by atoms with Gasteiger partial charge in [-0.15, -0.1) is 11.3 Å². The number of thiophene rings is 1. The summed E-state index contributed by atoms with van der Waals surface area (Å²) in [6.45, 7) is 10.4. The monoisotopic (exact) mass is 297 g/mol.